The first-order valence-electron chi connectivity index (χ1n) is 6.01. The molecule has 0 heterocycles. The van der Waals surface area contributed by atoms with Gasteiger partial charge in [-0.3, -0.25) is 4.72 Å². The van der Waals surface area contributed by atoms with Gasteiger partial charge in [0, 0.05) is 6.54 Å². The number of aryl methyl sites for hydroxylation is 1. The molecule has 0 amide bonds. The van der Waals surface area contributed by atoms with Crippen molar-refractivity contribution in [2.45, 2.75) is 18.4 Å². The number of benzene rings is 2. The van der Waals surface area contributed by atoms with Crippen LogP contribution in [0.25, 0.3) is 0 Å². The Balaban J connectivity index is 2.46. The summed E-state index contributed by atoms with van der Waals surface area (Å²) in [5.41, 5.74) is 7.11. The highest BCUT2D eigenvalue weighted by Gasteiger charge is 2.19. The van der Waals surface area contributed by atoms with E-state index in [2.05, 4.69) is 4.72 Å². The zero-order chi connectivity index (χ0) is 14.8. The molecular formula is C14H15FN2O2S. The zero-order valence-electron chi connectivity index (χ0n) is 10.9. The van der Waals surface area contributed by atoms with Crippen LogP contribution in [-0.2, 0) is 16.6 Å². The summed E-state index contributed by atoms with van der Waals surface area (Å²) in [5.74, 6) is -0.618. The van der Waals surface area contributed by atoms with Gasteiger partial charge >= 0.3 is 0 Å². The zero-order valence-corrected chi connectivity index (χ0v) is 11.7. The van der Waals surface area contributed by atoms with Crippen molar-refractivity contribution in [3.8, 4) is 0 Å². The van der Waals surface area contributed by atoms with Crippen LogP contribution in [0.4, 0.5) is 10.1 Å². The van der Waals surface area contributed by atoms with E-state index in [9.17, 15) is 12.8 Å². The molecule has 6 heteroatoms. The van der Waals surface area contributed by atoms with Gasteiger partial charge in [0.15, 0.2) is 0 Å². The van der Waals surface area contributed by atoms with E-state index in [-0.39, 0.29) is 11.4 Å². The van der Waals surface area contributed by atoms with Crippen LogP contribution in [0.15, 0.2) is 47.4 Å². The molecule has 0 bridgehead atoms. The van der Waals surface area contributed by atoms with Gasteiger partial charge < -0.3 is 5.73 Å². The van der Waals surface area contributed by atoms with Crippen molar-refractivity contribution in [2.75, 3.05) is 4.72 Å². The molecule has 0 fully saturated rings. The molecule has 0 saturated heterocycles. The molecule has 0 aliphatic heterocycles. The highest BCUT2D eigenvalue weighted by atomic mass is 32.2. The predicted molar refractivity (Wildman–Crippen MR) is 76.3 cm³/mol. The van der Waals surface area contributed by atoms with Crippen molar-refractivity contribution in [1.29, 1.82) is 0 Å². The molecular weight excluding hydrogens is 279 g/mol. The lowest BCUT2D eigenvalue weighted by Gasteiger charge is -2.13. The molecule has 0 radical (unpaired) electrons. The standard InChI is InChI=1S/C14H15FN2O2S/c1-10-4-2-3-5-13(10)17-20(18,19)14-8-12(15)7-6-11(14)9-16/h2-8,17H,9,16H2,1H3. The van der Waals surface area contributed by atoms with E-state index in [4.69, 9.17) is 5.73 Å². The highest BCUT2D eigenvalue weighted by molar-refractivity contribution is 7.92. The predicted octanol–water partition coefficient (Wildman–Crippen LogP) is 2.39. The van der Waals surface area contributed by atoms with Gasteiger partial charge in [0.1, 0.15) is 5.82 Å². The minimum absolute atomic E-state index is 0.0181. The van der Waals surface area contributed by atoms with Crippen molar-refractivity contribution in [2.24, 2.45) is 5.73 Å². The second-order valence-corrected chi connectivity index (χ2v) is 6.03. The number of hydrogen-bond acceptors (Lipinski definition) is 3. The molecule has 0 saturated carbocycles. The number of anilines is 1. The smallest absolute Gasteiger partial charge is 0.262 e. The third-order valence-corrected chi connectivity index (χ3v) is 4.38. The third kappa shape index (κ3) is 2.97. The molecule has 20 heavy (non-hydrogen) atoms. The van der Waals surface area contributed by atoms with Gasteiger partial charge in [0.25, 0.3) is 10.0 Å². The lowest BCUT2D eigenvalue weighted by molar-refractivity contribution is 0.593. The molecule has 0 aliphatic rings. The molecule has 0 aliphatic carbocycles. The number of nitrogens with two attached hydrogens (primary N) is 1. The number of sulfonamides is 1. The first kappa shape index (κ1) is 14.5. The molecule has 0 spiro atoms. The topological polar surface area (TPSA) is 72.2 Å². The summed E-state index contributed by atoms with van der Waals surface area (Å²) in [5, 5.41) is 0. The number of para-hydroxylation sites is 1. The van der Waals surface area contributed by atoms with E-state index in [1.807, 2.05) is 0 Å². The summed E-state index contributed by atoms with van der Waals surface area (Å²) >= 11 is 0. The van der Waals surface area contributed by atoms with Gasteiger partial charge in [-0.2, -0.15) is 0 Å². The Kier molecular flexibility index (Phi) is 4.06. The van der Waals surface area contributed by atoms with Crippen LogP contribution in [0.5, 0.6) is 0 Å². The molecule has 3 N–H and O–H groups in total. The van der Waals surface area contributed by atoms with E-state index in [1.165, 1.54) is 12.1 Å². The van der Waals surface area contributed by atoms with Crippen LogP contribution in [0.1, 0.15) is 11.1 Å². The Labute approximate surface area is 117 Å². The molecule has 4 nitrogen and oxygen atoms in total. The van der Waals surface area contributed by atoms with Gasteiger partial charge in [-0.15, -0.1) is 0 Å². The molecule has 0 aromatic heterocycles. The normalized spacial score (nSPS) is 11.3. The number of hydrogen-bond donors (Lipinski definition) is 2. The second-order valence-electron chi connectivity index (χ2n) is 4.38. The van der Waals surface area contributed by atoms with Crippen molar-refractivity contribution in [1.82, 2.24) is 0 Å². The molecule has 0 unspecified atom stereocenters. The highest BCUT2D eigenvalue weighted by Crippen LogP contribution is 2.22. The van der Waals surface area contributed by atoms with Crippen LogP contribution < -0.4 is 10.5 Å². The molecule has 2 aromatic rings. The quantitative estimate of drug-likeness (QED) is 0.909. The van der Waals surface area contributed by atoms with Crippen molar-refractivity contribution < 1.29 is 12.8 Å². The number of rotatable bonds is 4. The molecule has 106 valence electrons. The maximum Gasteiger partial charge on any atom is 0.262 e. The largest absolute Gasteiger partial charge is 0.326 e. The number of halogens is 1. The summed E-state index contributed by atoms with van der Waals surface area (Å²) in [6.07, 6.45) is 0. The molecule has 2 rings (SSSR count). The minimum atomic E-state index is -3.87. The Morgan fingerprint density at radius 3 is 2.55 bits per heavy atom. The van der Waals surface area contributed by atoms with E-state index in [1.54, 1.807) is 31.2 Å². The van der Waals surface area contributed by atoms with Gasteiger partial charge in [-0.05, 0) is 36.2 Å². The van der Waals surface area contributed by atoms with Gasteiger partial charge in [0.2, 0.25) is 0 Å². The van der Waals surface area contributed by atoms with E-state index in [0.717, 1.165) is 11.6 Å². The molecule has 2 aromatic carbocycles. The fourth-order valence-electron chi connectivity index (χ4n) is 1.83. The van der Waals surface area contributed by atoms with Crippen molar-refractivity contribution in [3.63, 3.8) is 0 Å². The first-order valence-corrected chi connectivity index (χ1v) is 7.49. The average Bonchev–Trinajstić information content (AvgIpc) is 2.41. The lowest BCUT2D eigenvalue weighted by Crippen LogP contribution is -2.17. The minimum Gasteiger partial charge on any atom is -0.326 e. The lowest BCUT2D eigenvalue weighted by atomic mass is 10.2. The third-order valence-electron chi connectivity index (χ3n) is 2.93. The Morgan fingerprint density at radius 1 is 1.20 bits per heavy atom. The maximum absolute atomic E-state index is 13.3. The Bertz CT molecular complexity index is 730. The first-order chi connectivity index (χ1) is 9.44. The summed E-state index contributed by atoms with van der Waals surface area (Å²) in [6.45, 7) is 1.80. The van der Waals surface area contributed by atoms with Crippen LogP contribution in [0, 0.1) is 12.7 Å². The monoisotopic (exact) mass is 294 g/mol. The second kappa shape index (κ2) is 5.60. The van der Waals surface area contributed by atoms with Crippen LogP contribution in [0.3, 0.4) is 0 Å². The molecule has 0 atom stereocenters. The SMILES string of the molecule is Cc1ccccc1NS(=O)(=O)c1cc(F)ccc1CN. The van der Waals surface area contributed by atoms with Crippen LogP contribution >= 0.6 is 0 Å². The maximum atomic E-state index is 13.3. The van der Waals surface area contributed by atoms with Crippen molar-refractivity contribution in [3.05, 3.63) is 59.4 Å². The van der Waals surface area contributed by atoms with Gasteiger partial charge in [-0.1, -0.05) is 24.3 Å². The summed E-state index contributed by atoms with van der Waals surface area (Å²) in [7, 11) is -3.87. The van der Waals surface area contributed by atoms with E-state index >= 15 is 0 Å². The Morgan fingerprint density at radius 2 is 1.90 bits per heavy atom. The van der Waals surface area contributed by atoms with Crippen LogP contribution in [0.2, 0.25) is 0 Å². The summed E-state index contributed by atoms with van der Waals surface area (Å²) in [4.78, 5) is -0.136. The van der Waals surface area contributed by atoms with Crippen molar-refractivity contribution >= 4 is 15.7 Å². The Hall–Kier alpha value is -1.92. The van der Waals surface area contributed by atoms with Gasteiger partial charge in [-0.25, -0.2) is 12.8 Å². The fraction of sp³-hybridized carbons (Fsp3) is 0.143. The van der Waals surface area contributed by atoms with E-state index in [0.29, 0.717) is 11.3 Å². The van der Waals surface area contributed by atoms with Crippen LogP contribution in [-0.4, -0.2) is 8.42 Å². The number of nitrogens with one attached hydrogen (secondary N) is 1. The summed E-state index contributed by atoms with van der Waals surface area (Å²) < 4.78 is 40.5. The van der Waals surface area contributed by atoms with E-state index < -0.39 is 15.8 Å². The fourth-order valence-corrected chi connectivity index (χ4v) is 3.23. The average molecular weight is 294 g/mol. The van der Waals surface area contributed by atoms with Gasteiger partial charge in [0.05, 0.1) is 10.6 Å². The summed E-state index contributed by atoms with van der Waals surface area (Å²) in [6, 6.07) is 10.5.